The number of carbonyl (C=O) groups is 2. The summed E-state index contributed by atoms with van der Waals surface area (Å²) in [5.41, 5.74) is 2.88. The Hall–Kier alpha value is -4.33. The minimum Gasteiger partial charge on any atom is -0.340 e. The first-order valence-corrected chi connectivity index (χ1v) is 9.20. The lowest BCUT2D eigenvalue weighted by molar-refractivity contribution is -0.114. The number of amides is 2. The van der Waals surface area contributed by atoms with E-state index in [9.17, 15) is 9.59 Å². The van der Waals surface area contributed by atoms with Crippen molar-refractivity contribution in [3.63, 3.8) is 0 Å². The summed E-state index contributed by atoms with van der Waals surface area (Å²) < 4.78 is 0. The predicted octanol–water partition coefficient (Wildman–Crippen LogP) is 3.98. The molecule has 2 amide bonds. The molecule has 0 aliphatic carbocycles. The van der Waals surface area contributed by atoms with Crippen LogP contribution in [0, 0.1) is 0 Å². The number of fused-ring (bicyclic) bond motifs is 1. The number of pyridine rings is 1. The molecule has 4 aromatic rings. The second-order valence-corrected chi connectivity index (χ2v) is 6.51. The van der Waals surface area contributed by atoms with Crippen molar-refractivity contribution in [3.8, 4) is 0 Å². The molecule has 0 aliphatic rings. The highest BCUT2D eigenvalue weighted by Crippen LogP contribution is 2.22. The van der Waals surface area contributed by atoms with Crippen LogP contribution in [0.15, 0.2) is 73.2 Å². The molecule has 2 heterocycles. The Kier molecular flexibility index (Phi) is 5.29. The van der Waals surface area contributed by atoms with Gasteiger partial charge in [-0.25, -0.2) is 9.97 Å². The quantitative estimate of drug-likeness (QED) is 0.469. The highest BCUT2D eigenvalue weighted by Gasteiger charge is 2.12. The van der Waals surface area contributed by atoms with Gasteiger partial charge in [-0.1, -0.05) is 24.3 Å². The zero-order valence-corrected chi connectivity index (χ0v) is 16.1. The number of hydrogen-bond donors (Lipinski definition) is 3. The van der Waals surface area contributed by atoms with E-state index in [0.717, 1.165) is 5.39 Å². The Morgan fingerprint density at radius 3 is 2.50 bits per heavy atom. The van der Waals surface area contributed by atoms with Gasteiger partial charge in [-0.3, -0.25) is 14.6 Å². The number of rotatable bonds is 5. The van der Waals surface area contributed by atoms with Crippen LogP contribution in [0.2, 0.25) is 0 Å². The van der Waals surface area contributed by atoms with Crippen LogP contribution in [0.25, 0.3) is 10.9 Å². The van der Waals surface area contributed by atoms with Gasteiger partial charge in [0.2, 0.25) is 5.91 Å². The van der Waals surface area contributed by atoms with Gasteiger partial charge < -0.3 is 16.0 Å². The first-order chi connectivity index (χ1) is 14.6. The van der Waals surface area contributed by atoms with Crippen molar-refractivity contribution < 1.29 is 9.59 Å². The van der Waals surface area contributed by atoms with Crippen molar-refractivity contribution in [1.29, 1.82) is 0 Å². The Morgan fingerprint density at radius 2 is 1.63 bits per heavy atom. The molecule has 0 unspecified atom stereocenters. The molecule has 8 nitrogen and oxygen atoms in total. The summed E-state index contributed by atoms with van der Waals surface area (Å²) in [6.07, 6.45) is 3.00. The van der Waals surface area contributed by atoms with E-state index in [1.165, 1.54) is 13.3 Å². The lowest BCUT2D eigenvalue weighted by Crippen LogP contribution is -2.14. The molecule has 3 N–H and O–H groups in total. The summed E-state index contributed by atoms with van der Waals surface area (Å²) in [6.45, 7) is 1.45. The molecule has 0 aliphatic heterocycles. The van der Waals surface area contributed by atoms with E-state index in [1.807, 2.05) is 30.3 Å². The van der Waals surface area contributed by atoms with Crippen LogP contribution in [0.5, 0.6) is 0 Å². The van der Waals surface area contributed by atoms with E-state index >= 15 is 0 Å². The van der Waals surface area contributed by atoms with Crippen molar-refractivity contribution >= 4 is 45.6 Å². The highest BCUT2D eigenvalue weighted by atomic mass is 16.2. The largest absolute Gasteiger partial charge is 0.340 e. The van der Waals surface area contributed by atoms with Crippen LogP contribution in [0.3, 0.4) is 0 Å². The maximum atomic E-state index is 12.7. The Morgan fingerprint density at radius 1 is 0.833 bits per heavy atom. The van der Waals surface area contributed by atoms with Gasteiger partial charge in [0.25, 0.3) is 5.91 Å². The molecule has 0 bridgehead atoms. The van der Waals surface area contributed by atoms with Gasteiger partial charge in [-0.15, -0.1) is 0 Å². The van der Waals surface area contributed by atoms with Gasteiger partial charge in [0.1, 0.15) is 17.8 Å². The normalized spacial score (nSPS) is 10.4. The van der Waals surface area contributed by atoms with Crippen molar-refractivity contribution in [3.05, 3.63) is 78.9 Å². The van der Waals surface area contributed by atoms with Gasteiger partial charge >= 0.3 is 0 Å². The molecule has 2 aromatic heterocycles. The van der Waals surface area contributed by atoms with Crippen molar-refractivity contribution in [1.82, 2.24) is 15.0 Å². The second kappa shape index (κ2) is 8.36. The van der Waals surface area contributed by atoms with Gasteiger partial charge in [-0.05, 0) is 30.3 Å². The maximum absolute atomic E-state index is 12.7. The van der Waals surface area contributed by atoms with E-state index in [4.69, 9.17) is 0 Å². The number of benzene rings is 2. The molecule has 0 atom stereocenters. The fraction of sp³-hybridized carbons (Fsp3) is 0.0455. The van der Waals surface area contributed by atoms with E-state index in [-0.39, 0.29) is 17.5 Å². The number of anilines is 4. The fourth-order valence-electron chi connectivity index (χ4n) is 2.97. The first kappa shape index (κ1) is 19.0. The number of nitrogens with one attached hydrogen (secondary N) is 3. The molecular weight excluding hydrogens is 380 g/mol. The number of para-hydroxylation sites is 1. The van der Waals surface area contributed by atoms with Crippen LogP contribution in [-0.2, 0) is 4.79 Å². The number of carbonyl (C=O) groups excluding carboxylic acids is 2. The summed E-state index contributed by atoms with van der Waals surface area (Å²) >= 11 is 0. The number of nitrogens with zero attached hydrogens (tertiary/aromatic N) is 3. The lowest BCUT2D eigenvalue weighted by Gasteiger charge is -2.10. The van der Waals surface area contributed by atoms with E-state index in [1.54, 1.807) is 36.5 Å². The lowest BCUT2D eigenvalue weighted by atomic mass is 10.2. The summed E-state index contributed by atoms with van der Waals surface area (Å²) in [7, 11) is 0. The minimum atomic E-state index is -0.370. The van der Waals surface area contributed by atoms with Gasteiger partial charge in [0.05, 0.1) is 11.2 Å². The summed E-state index contributed by atoms with van der Waals surface area (Å²) in [5, 5.41) is 9.62. The molecule has 8 heteroatoms. The van der Waals surface area contributed by atoms with Gasteiger partial charge in [0, 0.05) is 35.9 Å². The van der Waals surface area contributed by atoms with Crippen LogP contribution in [-0.4, -0.2) is 26.8 Å². The highest BCUT2D eigenvalue weighted by molar-refractivity contribution is 6.07. The average Bonchev–Trinajstić information content (AvgIpc) is 2.74. The summed E-state index contributed by atoms with van der Waals surface area (Å²) in [5.74, 6) is -0.0761. The molecule has 0 spiro atoms. The molecule has 148 valence electrons. The first-order valence-electron chi connectivity index (χ1n) is 9.20. The van der Waals surface area contributed by atoms with Crippen molar-refractivity contribution in [2.75, 3.05) is 16.0 Å². The molecular formula is C22H18N6O2. The zero-order valence-electron chi connectivity index (χ0n) is 16.1. The van der Waals surface area contributed by atoms with Crippen molar-refractivity contribution in [2.24, 2.45) is 0 Å². The molecule has 0 fully saturated rings. The van der Waals surface area contributed by atoms with Gasteiger partial charge in [0.15, 0.2) is 0 Å². The Bertz CT molecular complexity index is 1240. The molecule has 2 aromatic carbocycles. The number of hydrogen-bond acceptors (Lipinski definition) is 6. The van der Waals surface area contributed by atoms with Crippen LogP contribution in [0.4, 0.5) is 22.9 Å². The predicted molar refractivity (Wildman–Crippen MR) is 116 cm³/mol. The topological polar surface area (TPSA) is 109 Å². The molecule has 30 heavy (non-hydrogen) atoms. The van der Waals surface area contributed by atoms with E-state index in [2.05, 4.69) is 30.9 Å². The monoisotopic (exact) mass is 398 g/mol. The molecule has 0 radical (unpaired) electrons. The third-order valence-electron chi connectivity index (χ3n) is 4.24. The molecule has 0 saturated heterocycles. The van der Waals surface area contributed by atoms with Crippen LogP contribution >= 0.6 is 0 Å². The molecule has 0 saturated carbocycles. The van der Waals surface area contributed by atoms with Crippen LogP contribution in [0.1, 0.15) is 17.4 Å². The van der Waals surface area contributed by atoms with E-state index < -0.39 is 0 Å². The Labute approximate surface area is 172 Å². The zero-order chi connectivity index (χ0) is 20.9. The average molecular weight is 398 g/mol. The smallest absolute Gasteiger partial charge is 0.274 e. The third-order valence-corrected chi connectivity index (χ3v) is 4.24. The second-order valence-electron chi connectivity index (χ2n) is 6.51. The van der Waals surface area contributed by atoms with E-state index in [0.29, 0.717) is 28.4 Å². The molecule has 4 rings (SSSR count). The summed E-state index contributed by atoms with van der Waals surface area (Å²) in [4.78, 5) is 36.5. The standard InChI is InChI=1S/C22H18N6O2/c1-14(29)26-16-7-3-8-17(11-16)27-20-12-19(24-13-25-20)22(30)28-18-9-2-5-15-6-4-10-23-21(15)18/h2-13H,1H3,(H,26,29)(H,28,30)(H,24,25,27). The third kappa shape index (κ3) is 4.39. The summed E-state index contributed by atoms with van der Waals surface area (Å²) in [6, 6.07) is 18.1. The van der Waals surface area contributed by atoms with Gasteiger partial charge in [-0.2, -0.15) is 0 Å². The Balaban J connectivity index is 1.53. The SMILES string of the molecule is CC(=O)Nc1cccc(Nc2cc(C(=O)Nc3cccc4cccnc34)ncn2)c1. The van der Waals surface area contributed by atoms with Crippen molar-refractivity contribution in [2.45, 2.75) is 6.92 Å². The number of aromatic nitrogens is 3. The maximum Gasteiger partial charge on any atom is 0.274 e. The van der Waals surface area contributed by atoms with Crippen LogP contribution < -0.4 is 16.0 Å². The fourth-order valence-corrected chi connectivity index (χ4v) is 2.97. The minimum absolute atomic E-state index is 0.156.